The summed E-state index contributed by atoms with van der Waals surface area (Å²) in [4.78, 5) is 28.2. The number of aromatic nitrogens is 4. The predicted octanol–water partition coefficient (Wildman–Crippen LogP) is 0.169. The molecule has 112 valence electrons. The molecule has 1 amide bonds. The molecule has 0 saturated carbocycles. The molecule has 0 aliphatic heterocycles. The highest BCUT2D eigenvalue weighted by molar-refractivity contribution is 6.06. The number of H-pyrrole nitrogens is 1. The zero-order chi connectivity index (χ0) is 15.7. The minimum absolute atomic E-state index is 0.114. The second-order valence-corrected chi connectivity index (χ2v) is 4.80. The van der Waals surface area contributed by atoms with Gasteiger partial charge in [-0.2, -0.15) is 4.98 Å². The van der Waals surface area contributed by atoms with E-state index in [4.69, 9.17) is 5.73 Å². The van der Waals surface area contributed by atoms with Crippen LogP contribution < -0.4 is 16.6 Å². The van der Waals surface area contributed by atoms with Crippen LogP contribution in [0, 0.1) is 0 Å². The summed E-state index contributed by atoms with van der Waals surface area (Å²) in [5.74, 6) is 0.200. The number of benzene rings is 1. The van der Waals surface area contributed by atoms with Crippen LogP contribution in [0.4, 0.5) is 5.95 Å². The van der Waals surface area contributed by atoms with Gasteiger partial charge in [-0.15, -0.1) is 5.10 Å². The zero-order valence-electron chi connectivity index (χ0n) is 11.8. The number of pyridine rings is 1. The molecule has 8 heteroatoms. The molecule has 2 aromatic heterocycles. The predicted molar refractivity (Wildman–Crippen MR) is 81.2 cm³/mol. The lowest BCUT2D eigenvalue weighted by molar-refractivity contribution is 0.0951. The summed E-state index contributed by atoms with van der Waals surface area (Å²) in [6.45, 7) is 0.145. The first-order chi connectivity index (χ1) is 10.6. The van der Waals surface area contributed by atoms with E-state index in [-0.39, 0.29) is 24.0 Å². The molecular formula is C14H14N6O2. The Balaban J connectivity index is 1.94. The third-order valence-corrected chi connectivity index (χ3v) is 3.36. The number of nitrogens with one attached hydrogen (secondary N) is 2. The van der Waals surface area contributed by atoms with Crippen LogP contribution in [-0.2, 0) is 13.6 Å². The molecule has 3 aromatic rings. The number of nitrogens with two attached hydrogens (primary N) is 1. The van der Waals surface area contributed by atoms with E-state index in [9.17, 15) is 9.59 Å². The summed E-state index contributed by atoms with van der Waals surface area (Å²) in [5, 5.41) is 9.68. The van der Waals surface area contributed by atoms with Crippen molar-refractivity contribution in [2.24, 2.45) is 7.05 Å². The minimum Gasteiger partial charge on any atom is -0.367 e. The lowest BCUT2D eigenvalue weighted by Crippen LogP contribution is -2.27. The number of nitrogens with zero attached hydrogens (tertiary/aromatic N) is 3. The Morgan fingerprint density at radius 3 is 2.91 bits per heavy atom. The van der Waals surface area contributed by atoms with Gasteiger partial charge in [0.25, 0.3) is 11.5 Å². The quantitative estimate of drug-likeness (QED) is 0.637. The number of hydrogen-bond acceptors (Lipinski definition) is 5. The van der Waals surface area contributed by atoms with Gasteiger partial charge in [-0.05, 0) is 6.07 Å². The number of para-hydroxylation sites is 1. The molecule has 2 heterocycles. The Hall–Kier alpha value is -3.16. The summed E-state index contributed by atoms with van der Waals surface area (Å²) >= 11 is 0. The number of amides is 1. The van der Waals surface area contributed by atoms with Crippen LogP contribution in [0.2, 0.25) is 0 Å². The van der Waals surface area contributed by atoms with Crippen LogP contribution in [0.5, 0.6) is 0 Å². The number of fused-ring (bicyclic) bond motifs is 1. The van der Waals surface area contributed by atoms with Crippen molar-refractivity contribution < 1.29 is 4.79 Å². The van der Waals surface area contributed by atoms with Gasteiger partial charge in [0, 0.05) is 18.5 Å². The van der Waals surface area contributed by atoms with Crippen LogP contribution in [-0.4, -0.2) is 25.7 Å². The summed E-state index contributed by atoms with van der Waals surface area (Å²) < 4.78 is 1.50. The molecule has 0 fully saturated rings. The van der Waals surface area contributed by atoms with E-state index in [0.29, 0.717) is 22.3 Å². The molecule has 0 saturated heterocycles. The van der Waals surface area contributed by atoms with Gasteiger partial charge >= 0.3 is 0 Å². The Morgan fingerprint density at radius 2 is 2.18 bits per heavy atom. The minimum atomic E-state index is -0.358. The fourth-order valence-corrected chi connectivity index (χ4v) is 2.25. The topological polar surface area (TPSA) is 119 Å². The zero-order valence-corrected chi connectivity index (χ0v) is 11.8. The maximum atomic E-state index is 12.3. The summed E-state index contributed by atoms with van der Waals surface area (Å²) in [5.41, 5.74) is 6.18. The van der Waals surface area contributed by atoms with Crippen LogP contribution in [0.3, 0.4) is 0 Å². The molecule has 0 atom stereocenters. The molecule has 0 unspecified atom stereocenters. The van der Waals surface area contributed by atoms with Crippen molar-refractivity contribution in [3.63, 3.8) is 0 Å². The van der Waals surface area contributed by atoms with Crippen molar-refractivity contribution in [1.82, 2.24) is 25.1 Å². The largest absolute Gasteiger partial charge is 0.367 e. The smallest absolute Gasteiger partial charge is 0.252 e. The first-order valence-electron chi connectivity index (χ1n) is 6.60. The van der Waals surface area contributed by atoms with Gasteiger partial charge in [0.05, 0.1) is 17.6 Å². The molecule has 4 N–H and O–H groups in total. The van der Waals surface area contributed by atoms with Crippen LogP contribution in [0.1, 0.15) is 16.2 Å². The third-order valence-electron chi connectivity index (χ3n) is 3.36. The van der Waals surface area contributed by atoms with Crippen molar-refractivity contribution >= 4 is 22.8 Å². The highest BCUT2D eigenvalue weighted by Gasteiger charge is 2.13. The number of aryl methyl sites for hydroxylation is 1. The van der Waals surface area contributed by atoms with Crippen LogP contribution in [0.15, 0.2) is 35.1 Å². The van der Waals surface area contributed by atoms with Gasteiger partial charge in [-0.1, -0.05) is 18.2 Å². The lowest BCUT2D eigenvalue weighted by Gasteiger charge is -2.09. The van der Waals surface area contributed by atoms with Gasteiger partial charge in [0.1, 0.15) is 5.82 Å². The SMILES string of the molecule is Cn1c(=O)cc(C(=O)NCc2nc(N)n[nH]2)c2ccccc21. The fraction of sp³-hybridized carbons (Fsp3) is 0.143. The van der Waals surface area contributed by atoms with E-state index in [1.54, 1.807) is 19.2 Å². The van der Waals surface area contributed by atoms with Gasteiger partial charge in [0.15, 0.2) is 0 Å². The fourth-order valence-electron chi connectivity index (χ4n) is 2.25. The first-order valence-corrected chi connectivity index (χ1v) is 6.60. The van der Waals surface area contributed by atoms with Crippen molar-refractivity contribution in [3.05, 3.63) is 52.1 Å². The standard InChI is InChI=1S/C14H14N6O2/c1-20-10-5-3-2-4-8(10)9(6-12(20)21)13(22)16-7-11-17-14(15)19-18-11/h2-6H,7H2,1H3,(H,16,22)(H3,15,17,18,19). The maximum absolute atomic E-state index is 12.3. The average molecular weight is 298 g/mol. The summed E-state index contributed by atoms with van der Waals surface area (Å²) in [6, 6.07) is 8.56. The van der Waals surface area contributed by atoms with Crippen molar-refractivity contribution in [2.45, 2.75) is 6.54 Å². The maximum Gasteiger partial charge on any atom is 0.252 e. The highest BCUT2D eigenvalue weighted by Crippen LogP contribution is 2.16. The Labute approximate surface area is 125 Å². The number of nitrogen functional groups attached to an aromatic ring is 1. The first kappa shape index (κ1) is 13.8. The van der Waals surface area contributed by atoms with E-state index in [1.165, 1.54) is 10.6 Å². The highest BCUT2D eigenvalue weighted by atomic mass is 16.2. The van der Waals surface area contributed by atoms with E-state index in [2.05, 4.69) is 20.5 Å². The van der Waals surface area contributed by atoms with Crippen LogP contribution >= 0.6 is 0 Å². The lowest BCUT2D eigenvalue weighted by atomic mass is 10.1. The Morgan fingerprint density at radius 1 is 1.41 bits per heavy atom. The van der Waals surface area contributed by atoms with Crippen LogP contribution in [0.25, 0.3) is 10.9 Å². The number of rotatable bonds is 3. The molecule has 0 radical (unpaired) electrons. The van der Waals surface area contributed by atoms with E-state index < -0.39 is 0 Å². The molecule has 8 nitrogen and oxygen atoms in total. The van der Waals surface area contributed by atoms with Crippen molar-refractivity contribution in [2.75, 3.05) is 5.73 Å². The number of carbonyl (C=O) groups excluding carboxylic acids is 1. The van der Waals surface area contributed by atoms with Gasteiger partial charge in [-0.3, -0.25) is 14.7 Å². The van der Waals surface area contributed by atoms with Gasteiger partial charge in [0.2, 0.25) is 5.95 Å². The molecule has 0 spiro atoms. The number of aromatic amines is 1. The third kappa shape index (κ3) is 2.41. The molecule has 1 aromatic carbocycles. The number of carbonyl (C=O) groups is 1. The van der Waals surface area contributed by atoms with Crippen molar-refractivity contribution in [1.29, 1.82) is 0 Å². The molecule has 22 heavy (non-hydrogen) atoms. The molecule has 0 aliphatic carbocycles. The van der Waals surface area contributed by atoms with Gasteiger partial charge < -0.3 is 15.6 Å². The van der Waals surface area contributed by atoms with E-state index >= 15 is 0 Å². The Kier molecular flexibility index (Phi) is 3.34. The summed E-state index contributed by atoms with van der Waals surface area (Å²) in [7, 11) is 1.67. The molecule has 0 aliphatic rings. The second kappa shape index (κ2) is 5.32. The average Bonchev–Trinajstić information content (AvgIpc) is 2.94. The number of anilines is 1. The molecule has 3 rings (SSSR count). The Bertz CT molecular complexity index is 911. The normalized spacial score (nSPS) is 10.8. The summed E-state index contributed by atoms with van der Waals surface area (Å²) in [6.07, 6.45) is 0. The van der Waals surface area contributed by atoms with Crippen molar-refractivity contribution in [3.8, 4) is 0 Å². The van der Waals surface area contributed by atoms with E-state index in [1.807, 2.05) is 12.1 Å². The monoisotopic (exact) mass is 298 g/mol. The molecular weight excluding hydrogens is 284 g/mol. The van der Waals surface area contributed by atoms with E-state index in [0.717, 1.165) is 0 Å². The van der Waals surface area contributed by atoms with Gasteiger partial charge in [-0.25, -0.2) is 0 Å². The number of hydrogen-bond donors (Lipinski definition) is 3. The second-order valence-electron chi connectivity index (χ2n) is 4.80. The molecule has 0 bridgehead atoms.